The monoisotopic (exact) mass is 474 g/mol. The van der Waals surface area contributed by atoms with Gasteiger partial charge >= 0.3 is 0 Å². The summed E-state index contributed by atoms with van der Waals surface area (Å²) in [5.41, 5.74) is 3.03. The molecule has 4 rings (SSSR count). The first-order valence-corrected chi connectivity index (χ1v) is 12.7. The van der Waals surface area contributed by atoms with E-state index in [2.05, 4.69) is 63.8 Å². The zero-order valence-corrected chi connectivity index (χ0v) is 20.5. The predicted octanol–water partition coefficient (Wildman–Crippen LogP) is 4.71. The number of anilines is 1. The van der Waals surface area contributed by atoms with Crippen molar-refractivity contribution in [3.63, 3.8) is 0 Å². The molecule has 0 saturated heterocycles. The molecule has 0 aliphatic carbocycles. The minimum absolute atomic E-state index is 0.00878. The molecule has 0 bridgehead atoms. The van der Waals surface area contributed by atoms with Gasteiger partial charge in [-0.15, -0.1) is 0 Å². The second kappa shape index (κ2) is 11.2. The third-order valence-electron chi connectivity index (χ3n) is 5.52. The number of carbonyl (C=O) groups is 1. The summed E-state index contributed by atoms with van der Waals surface area (Å²) in [4.78, 5) is 22.1. The zero-order valence-electron chi connectivity index (χ0n) is 19.7. The van der Waals surface area contributed by atoms with Gasteiger partial charge in [-0.05, 0) is 31.2 Å². The Morgan fingerprint density at radius 1 is 1.00 bits per heavy atom. The van der Waals surface area contributed by atoms with Crippen LogP contribution < -0.4 is 10.6 Å². The van der Waals surface area contributed by atoms with Crippen molar-refractivity contribution in [2.45, 2.75) is 43.9 Å². The molecule has 4 aromatic rings. The van der Waals surface area contributed by atoms with Crippen molar-refractivity contribution in [2.75, 3.05) is 18.1 Å². The molecule has 2 heterocycles. The first-order valence-electron chi connectivity index (χ1n) is 11.5. The Labute approximate surface area is 204 Å². The van der Waals surface area contributed by atoms with Gasteiger partial charge in [0.15, 0.2) is 10.8 Å². The molecule has 0 aliphatic rings. The van der Waals surface area contributed by atoms with Gasteiger partial charge in [-0.2, -0.15) is 5.10 Å². The summed E-state index contributed by atoms with van der Waals surface area (Å²) < 4.78 is 1.83. The van der Waals surface area contributed by atoms with Crippen molar-refractivity contribution < 1.29 is 4.79 Å². The number of aromatic nitrogens is 4. The van der Waals surface area contributed by atoms with E-state index in [9.17, 15) is 4.79 Å². The molecule has 2 aromatic heterocycles. The maximum absolute atomic E-state index is 12.9. The topological polar surface area (TPSA) is 84.7 Å². The van der Waals surface area contributed by atoms with Crippen LogP contribution in [-0.4, -0.2) is 44.5 Å². The Kier molecular flexibility index (Phi) is 7.80. The van der Waals surface area contributed by atoms with Crippen LogP contribution >= 0.6 is 11.8 Å². The molecule has 0 atom stereocenters. The van der Waals surface area contributed by atoms with E-state index in [1.54, 1.807) is 6.20 Å². The molecule has 7 nitrogen and oxygen atoms in total. The number of fused-ring (bicyclic) bond motifs is 1. The Morgan fingerprint density at radius 3 is 2.24 bits per heavy atom. The summed E-state index contributed by atoms with van der Waals surface area (Å²) in [6.07, 6.45) is 4.12. The first-order chi connectivity index (χ1) is 16.5. The van der Waals surface area contributed by atoms with Crippen molar-refractivity contribution in [1.29, 1.82) is 0 Å². The first kappa shape index (κ1) is 23.8. The maximum atomic E-state index is 12.9. The van der Waals surface area contributed by atoms with Crippen molar-refractivity contribution in [3.05, 3.63) is 78.0 Å². The summed E-state index contributed by atoms with van der Waals surface area (Å²) >= 11 is 1.50. The summed E-state index contributed by atoms with van der Waals surface area (Å²) in [5.74, 6) is 0.804. The molecule has 176 valence electrons. The number of nitrogens with one attached hydrogen (secondary N) is 2. The number of hydrogen-bond donors (Lipinski definition) is 2. The summed E-state index contributed by atoms with van der Waals surface area (Å²) in [6.45, 7) is 5.15. The molecule has 0 unspecified atom stereocenters. The van der Waals surface area contributed by atoms with Gasteiger partial charge in [0.25, 0.3) is 0 Å². The van der Waals surface area contributed by atoms with Gasteiger partial charge in [0, 0.05) is 24.9 Å². The smallest absolute Gasteiger partial charge is 0.221 e. The summed E-state index contributed by atoms with van der Waals surface area (Å²) in [5, 5.41) is 12.5. The van der Waals surface area contributed by atoms with Crippen LogP contribution in [0.1, 0.15) is 37.3 Å². The van der Waals surface area contributed by atoms with Gasteiger partial charge in [0.1, 0.15) is 5.82 Å². The van der Waals surface area contributed by atoms with E-state index in [-0.39, 0.29) is 17.9 Å². The number of benzene rings is 2. The number of hydrogen-bond acceptors (Lipinski definition) is 6. The molecule has 1 amide bonds. The highest BCUT2D eigenvalue weighted by atomic mass is 32.2. The number of thioether (sulfide) groups is 1. The van der Waals surface area contributed by atoms with E-state index in [4.69, 9.17) is 0 Å². The predicted molar refractivity (Wildman–Crippen MR) is 138 cm³/mol. The minimum Gasteiger partial charge on any atom is -0.367 e. The van der Waals surface area contributed by atoms with E-state index in [1.807, 2.05) is 47.3 Å². The molecule has 2 N–H and O–H groups in total. The lowest BCUT2D eigenvalue weighted by atomic mass is 9.88. The average molecular weight is 475 g/mol. The second-order valence-corrected chi connectivity index (χ2v) is 9.16. The third-order valence-corrected chi connectivity index (χ3v) is 6.07. The van der Waals surface area contributed by atoms with Crippen LogP contribution in [0.15, 0.2) is 72.0 Å². The molecule has 0 saturated carbocycles. The third kappa shape index (κ3) is 5.75. The standard InChI is InChI=1S/C26H30N6OS/c1-18(2)29-24-22-17-28-32(25(22)31-26(30-24)34-3)15-14-27-23(33)16-21(19-10-6-4-7-11-19)20-12-8-5-9-13-20/h4-13,17-18,21H,14-16H2,1-3H3,(H,27,33)(H,29,30,31). The molecule has 8 heteroatoms. The second-order valence-electron chi connectivity index (χ2n) is 8.39. The largest absolute Gasteiger partial charge is 0.367 e. The highest BCUT2D eigenvalue weighted by Gasteiger charge is 2.18. The van der Waals surface area contributed by atoms with Crippen LogP contribution in [0.25, 0.3) is 11.0 Å². The van der Waals surface area contributed by atoms with Crippen molar-refractivity contribution in [2.24, 2.45) is 0 Å². The molecule has 0 fully saturated rings. The van der Waals surface area contributed by atoms with E-state index in [0.717, 1.165) is 28.0 Å². The highest BCUT2D eigenvalue weighted by Crippen LogP contribution is 2.28. The molecule has 0 aliphatic heterocycles. The number of nitrogens with zero attached hydrogens (tertiary/aromatic N) is 4. The fourth-order valence-electron chi connectivity index (χ4n) is 3.93. The van der Waals surface area contributed by atoms with Crippen LogP contribution in [0.4, 0.5) is 5.82 Å². The number of rotatable bonds is 10. The van der Waals surface area contributed by atoms with E-state index in [0.29, 0.717) is 24.7 Å². The quantitative estimate of drug-likeness (QED) is 0.256. The highest BCUT2D eigenvalue weighted by molar-refractivity contribution is 7.98. The number of carbonyl (C=O) groups excluding carboxylic acids is 1. The zero-order chi connectivity index (χ0) is 23.9. The number of amides is 1. The summed E-state index contributed by atoms with van der Waals surface area (Å²) in [6, 6.07) is 20.6. The normalized spacial score (nSPS) is 11.3. The molecule has 0 spiro atoms. The Hall–Kier alpha value is -3.39. The van der Waals surface area contributed by atoms with E-state index < -0.39 is 0 Å². The van der Waals surface area contributed by atoms with Crippen LogP contribution in [-0.2, 0) is 11.3 Å². The van der Waals surface area contributed by atoms with Crippen molar-refractivity contribution in [3.8, 4) is 0 Å². The lowest BCUT2D eigenvalue weighted by Crippen LogP contribution is -2.29. The van der Waals surface area contributed by atoms with Gasteiger partial charge < -0.3 is 10.6 Å². The van der Waals surface area contributed by atoms with Crippen LogP contribution in [0.2, 0.25) is 0 Å². The Morgan fingerprint density at radius 2 is 1.65 bits per heavy atom. The van der Waals surface area contributed by atoms with Gasteiger partial charge in [-0.25, -0.2) is 14.6 Å². The van der Waals surface area contributed by atoms with Gasteiger partial charge in [-0.3, -0.25) is 4.79 Å². The average Bonchev–Trinajstić information content (AvgIpc) is 3.26. The van der Waals surface area contributed by atoms with Crippen molar-refractivity contribution >= 4 is 34.5 Å². The SMILES string of the molecule is CSc1nc(NC(C)C)c2cnn(CCNC(=O)CC(c3ccccc3)c3ccccc3)c2n1. The Balaban J connectivity index is 1.44. The lowest BCUT2D eigenvalue weighted by molar-refractivity contribution is -0.121. The van der Waals surface area contributed by atoms with Crippen LogP contribution in [0.3, 0.4) is 0 Å². The molecular formula is C26H30N6OS. The van der Waals surface area contributed by atoms with Gasteiger partial charge in [0.05, 0.1) is 18.1 Å². The van der Waals surface area contributed by atoms with Crippen LogP contribution in [0.5, 0.6) is 0 Å². The molecular weight excluding hydrogens is 444 g/mol. The fraction of sp³-hybridized carbons (Fsp3) is 0.308. The minimum atomic E-state index is 0.00878. The van der Waals surface area contributed by atoms with E-state index >= 15 is 0 Å². The summed E-state index contributed by atoms with van der Waals surface area (Å²) in [7, 11) is 0. The van der Waals surface area contributed by atoms with E-state index in [1.165, 1.54) is 11.8 Å². The molecule has 2 aromatic carbocycles. The maximum Gasteiger partial charge on any atom is 0.221 e. The van der Waals surface area contributed by atoms with Gasteiger partial charge in [0.2, 0.25) is 5.91 Å². The van der Waals surface area contributed by atoms with Crippen molar-refractivity contribution in [1.82, 2.24) is 25.1 Å². The molecule has 0 radical (unpaired) electrons. The Bertz CT molecular complexity index is 1190. The molecule has 34 heavy (non-hydrogen) atoms. The lowest BCUT2D eigenvalue weighted by Gasteiger charge is -2.18. The fourth-order valence-corrected chi connectivity index (χ4v) is 4.29. The van der Waals surface area contributed by atoms with Gasteiger partial charge in [-0.1, -0.05) is 72.4 Å². The van der Waals surface area contributed by atoms with Crippen LogP contribution in [0, 0.1) is 0 Å².